The molecular formula is C23H29ClN2O4S. The number of amides is 1. The van der Waals surface area contributed by atoms with E-state index in [-0.39, 0.29) is 23.3 Å². The molecule has 1 fully saturated rings. The average molecular weight is 465 g/mol. The van der Waals surface area contributed by atoms with E-state index in [4.69, 9.17) is 16.3 Å². The van der Waals surface area contributed by atoms with Crippen LogP contribution in [-0.2, 0) is 14.8 Å². The van der Waals surface area contributed by atoms with Gasteiger partial charge < -0.3 is 10.1 Å². The van der Waals surface area contributed by atoms with E-state index in [1.54, 1.807) is 12.1 Å². The predicted octanol–water partition coefficient (Wildman–Crippen LogP) is 4.06. The number of carbonyl (C=O) groups excluding carboxylic acids is 1. The van der Waals surface area contributed by atoms with Crippen molar-refractivity contribution in [3.8, 4) is 5.75 Å². The maximum Gasteiger partial charge on any atom is 0.243 e. The fourth-order valence-electron chi connectivity index (χ4n) is 3.70. The van der Waals surface area contributed by atoms with Crippen LogP contribution >= 0.6 is 11.6 Å². The van der Waals surface area contributed by atoms with Gasteiger partial charge in [-0.1, -0.05) is 43.6 Å². The van der Waals surface area contributed by atoms with Gasteiger partial charge in [0.15, 0.2) is 0 Å². The summed E-state index contributed by atoms with van der Waals surface area (Å²) < 4.78 is 33.0. The van der Waals surface area contributed by atoms with Gasteiger partial charge in [-0.2, -0.15) is 4.31 Å². The van der Waals surface area contributed by atoms with Gasteiger partial charge >= 0.3 is 0 Å². The third kappa shape index (κ3) is 5.99. The van der Waals surface area contributed by atoms with Gasteiger partial charge in [0.05, 0.1) is 17.4 Å². The lowest BCUT2D eigenvalue weighted by atomic mass is 9.99. The van der Waals surface area contributed by atoms with E-state index in [1.807, 2.05) is 24.3 Å². The SMILES string of the molecule is CC(C)c1ccccc1OCCNC(=O)[C@H]1CCCN(S(=O)(=O)c2ccc(Cl)cc2)C1. The normalized spacial score (nSPS) is 17.5. The molecule has 1 heterocycles. The molecule has 1 aliphatic heterocycles. The lowest BCUT2D eigenvalue weighted by Crippen LogP contribution is -2.45. The average Bonchev–Trinajstić information content (AvgIpc) is 2.77. The summed E-state index contributed by atoms with van der Waals surface area (Å²) in [6, 6.07) is 14.0. The fraction of sp³-hybridized carbons (Fsp3) is 0.435. The highest BCUT2D eigenvalue weighted by Crippen LogP contribution is 2.26. The van der Waals surface area contributed by atoms with Gasteiger partial charge in [0, 0.05) is 18.1 Å². The number of rotatable bonds is 8. The first-order valence-electron chi connectivity index (χ1n) is 10.5. The molecule has 6 nitrogen and oxygen atoms in total. The van der Waals surface area contributed by atoms with E-state index in [1.165, 1.54) is 16.4 Å². The summed E-state index contributed by atoms with van der Waals surface area (Å²) >= 11 is 5.86. The lowest BCUT2D eigenvalue weighted by Gasteiger charge is -2.31. The van der Waals surface area contributed by atoms with Crippen LogP contribution in [0.25, 0.3) is 0 Å². The third-order valence-corrected chi connectivity index (χ3v) is 7.54. The van der Waals surface area contributed by atoms with Gasteiger partial charge in [-0.15, -0.1) is 0 Å². The molecule has 0 spiro atoms. The van der Waals surface area contributed by atoms with Gasteiger partial charge in [0.1, 0.15) is 12.4 Å². The van der Waals surface area contributed by atoms with Crippen LogP contribution in [0.5, 0.6) is 5.75 Å². The highest BCUT2D eigenvalue weighted by Gasteiger charge is 2.33. The second-order valence-corrected chi connectivity index (χ2v) is 10.4. The summed E-state index contributed by atoms with van der Waals surface area (Å²) in [4.78, 5) is 12.8. The van der Waals surface area contributed by atoms with Gasteiger partial charge in [0.25, 0.3) is 0 Å². The van der Waals surface area contributed by atoms with E-state index in [9.17, 15) is 13.2 Å². The molecule has 0 unspecified atom stereocenters. The smallest absolute Gasteiger partial charge is 0.243 e. The Morgan fingerprint density at radius 1 is 1.19 bits per heavy atom. The van der Waals surface area contributed by atoms with Gasteiger partial charge in [-0.3, -0.25) is 4.79 Å². The first-order valence-corrected chi connectivity index (χ1v) is 12.4. The van der Waals surface area contributed by atoms with Crippen LogP contribution < -0.4 is 10.1 Å². The molecule has 0 bridgehead atoms. The number of sulfonamides is 1. The molecule has 1 N–H and O–H groups in total. The molecule has 0 saturated carbocycles. The van der Waals surface area contributed by atoms with Crippen LogP contribution in [0.1, 0.15) is 38.2 Å². The Morgan fingerprint density at radius 2 is 1.90 bits per heavy atom. The topological polar surface area (TPSA) is 75.7 Å². The highest BCUT2D eigenvalue weighted by atomic mass is 35.5. The maximum absolute atomic E-state index is 12.9. The van der Waals surface area contributed by atoms with Crippen molar-refractivity contribution in [3.05, 3.63) is 59.1 Å². The van der Waals surface area contributed by atoms with Crippen LogP contribution in [0.2, 0.25) is 5.02 Å². The van der Waals surface area contributed by atoms with Crippen molar-refractivity contribution in [2.75, 3.05) is 26.2 Å². The molecule has 3 rings (SSSR count). The van der Waals surface area contributed by atoms with Gasteiger partial charge in [-0.25, -0.2) is 8.42 Å². The number of piperidine rings is 1. The van der Waals surface area contributed by atoms with Crippen LogP contribution in [0.3, 0.4) is 0 Å². The molecule has 1 saturated heterocycles. The molecule has 8 heteroatoms. The summed E-state index contributed by atoms with van der Waals surface area (Å²) in [5.74, 6) is 0.654. The number of carbonyl (C=O) groups is 1. The summed E-state index contributed by atoms with van der Waals surface area (Å²) in [7, 11) is -3.65. The second kappa shape index (κ2) is 10.5. The second-order valence-electron chi connectivity index (χ2n) is 7.99. The van der Waals surface area contributed by atoms with Gasteiger partial charge in [0.2, 0.25) is 15.9 Å². The third-order valence-electron chi connectivity index (χ3n) is 5.41. The Bertz CT molecular complexity index is 993. The minimum Gasteiger partial charge on any atom is -0.491 e. The lowest BCUT2D eigenvalue weighted by molar-refractivity contribution is -0.126. The Labute approximate surface area is 189 Å². The van der Waals surface area contributed by atoms with E-state index in [0.29, 0.717) is 43.5 Å². The number of nitrogens with zero attached hydrogens (tertiary/aromatic N) is 1. The Hall–Kier alpha value is -2.09. The zero-order chi connectivity index (χ0) is 22.4. The van der Waals surface area contributed by atoms with Crippen molar-refractivity contribution in [1.29, 1.82) is 0 Å². The van der Waals surface area contributed by atoms with Crippen molar-refractivity contribution < 1.29 is 17.9 Å². The molecule has 1 atom stereocenters. The number of halogens is 1. The van der Waals surface area contributed by atoms with Crippen molar-refractivity contribution in [1.82, 2.24) is 9.62 Å². The first-order chi connectivity index (χ1) is 14.8. The maximum atomic E-state index is 12.9. The number of hydrogen-bond donors (Lipinski definition) is 1. The Morgan fingerprint density at radius 3 is 2.61 bits per heavy atom. The molecule has 168 valence electrons. The number of benzene rings is 2. The molecule has 0 aliphatic carbocycles. The van der Waals surface area contributed by atoms with Crippen LogP contribution in [-0.4, -0.2) is 44.9 Å². The van der Waals surface area contributed by atoms with Crippen LogP contribution in [0.4, 0.5) is 0 Å². The minimum absolute atomic E-state index is 0.142. The standard InChI is InChI=1S/C23H29ClN2O4S/c1-17(2)21-7-3-4-8-22(21)30-15-13-25-23(27)18-6-5-14-26(16-18)31(28,29)20-11-9-19(24)10-12-20/h3-4,7-12,17-18H,5-6,13-16H2,1-2H3,(H,25,27)/t18-/m0/s1. The largest absolute Gasteiger partial charge is 0.491 e. The van der Waals surface area contributed by atoms with Crippen molar-refractivity contribution in [2.45, 2.75) is 37.5 Å². The predicted molar refractivity (Wildman–Crippen MR) is 122 cm³/mol. The van der Waals surface area contributed by atoms with Crippen molar-refractivity contribution >= 4 is 27.5 Å². The van der Waals surface area contributed by atoms with E-state index in [0.717, 1.165) is 11.3 Å². The first kappa shape index (κ1) is 23.6. The number of hydrogen-bond acceptors (Lipinski definition) is 4. The van der Waals surface area contributed by atoms with E-state index in [2.05, 4.69) is 19.2 Å². The summed E-state index contributed by atoms with van der Waals surface area (Å²) in [6.45, 7) is 5.52. The Balaban J connectivity index is 1.52. The van der Waals surface area contributed by atoms with Crippen LogP contribution in [0, 0.1) is 5.92 Å². The molecule has 2 aromatic carbocycles. The molecular weight excluding hydrogens is 436 g/mol. The molecule has 31 heavy (non-hydrogen) atoms. The fourth-order valence-corrected chi connectivity index (χ4v) is 5.35. The van der Waals surface area contributed by atoms with Crippen LogP contribution in [0.15, 0.2) is 53.4 Å². The quantitative estimate of drug-likeness (QED) is 0.598. The highest BCUT2D eigenvalue weighted by molar-refractivity contribution is 7.89. The molecule has 1 aliphatic rings. The van der Waals surface area contributed by atoms with Crippen molar-refractivity contribution in [2.24, 2.45) is 5.92 Å². The van der Waals surface area contributed by atoms with Crippen molar-refractivity contribution in [3.63, 3.8) is 0 Å². The summed E-state index contributed by atoms with van der Waals surface area (Å²) in [5.41, 5.74) is 1.13. The summed E-state index contributed by atoms with van der Waals surface area (Å²) in [6.07, 6.45) is 1.30. The number of para-hydroxylation sites is 1. The molecule has 0 radical (unpaired) electrons. The monoisotopic (exact) mass is 464 g/mol. The van der Waals surface area contributed by atoms with E-state index >= 15 is 0 Å². The zero-order valence-corrected chi connectivity index (χ0v) is 19.5. The molecule has 2 aromatic rings. The molecule has 0 aromatic heterocycles. The molecule has 1 amide bonds. The summed E-state index contributed by atoms with van der Waals surface area (Å²) in [5, 5.41) is 3.37. The van der Waals surface area contributed by atoms with E-state index < -0.39 is 10.0 Å². The number of ether oxygens (including phenoxy) is 1. The zero-order valence-electron chi connectivity index (χ0n) is 17.9. The minimum atomic E-state index is -3.65. The Kier molecular flexibility index (Phi) is 7.97. The number of nitrogens with one attached hydrogen (secondary N) is 1. The van der Waals surface area contributed by atoms with Gasteiger partial charge in [-0.05, 0) is 54.7 Å².